The van der Waals surface area contributed by atoms with Crippen LogP contribution in [-0.4, -0.2) is 33.2 Å². The van der Waals surface area contributed by atoms with Gasteiger partial charge >= 0.3 is 5.97 Å². The van der Waals surface area contributed by atoms with Crippen LogP contribution >= 0.6 is 11.3 Å². The number of thiazole rings is 1. The van der Waals surface area contributed by atoms with E-state index in [0.717, 1.165) is 17.0 Å². The Morgan fingerprint density at radius 1 is 1.50 bits per heavy atom. The molecule has 2 aromatic rings. The third-order valence-electron chi connectivity index (χ3n) is 2.43. The predicted octanol–water partition coefficient (Wildman–Crippen LogP) is 1.61. The van der Waals surface area contributed by atoms with Crippen molar-refractivity contribution < 1.29 is 14.3 Å². The van der Waals surface area contributed by atoms with Gasteiger partial charge in [0.15, 0.2) is 0 Å². The van der Waals surface area contributed by atoms with Gasteiger partial charge in [-0.25, -0.2) is 9.78 Å². The number of carbonyl (C=O) groups is 2. The molecule has 0 spiro atoms. The van der Waals surface area contributed by atoms with Gasteiger partial charge in [0.1, 0.15) is 11.5 Å². The van der Waals surface area contributed by atoms with Gasteiger partial charge in [-0.2, -0.15) is 5.10 Å². The summed E-state index contributed by atoms with van der Waals surface area (Å²) in [6.07, 6.45) is 0. The highest BCUT2D eigenvalue weighted by atomic mass is 32.1. The lowest BCUT2D eigenvalue weighted by Crippen LogP contribution is -2.15. The predicted molar refractivity (Wildman–Crippen MR) is 74.0 cm³/mol. The number of hydrogen-bond acceptors (Lipinski definition) is 6. The second kappa shape index (κ2) is 5.83. The third kappa shape index (κ3) is 3.02. The van der Waals surface area contributed by atoms with Crippen molar-refractivity contribution in [1.82, 2.24) is 14.8 Å². The van der Waals surface area contributed by atoms with Crippen molar-refractivity contribution in [1.29, 1.82) is 0 Å². The zero-order chi connectivity index (χ0) is 14.7. The molecule has 8 heteroatoms. The summed E-state index contributed by atoms with van der Waals surface area (Å²) in [7, 11) is 1.73. The first-order chi connectivity index (χ1) is 9.51. The van der Waals surface area contributed by atoms with Crippen LogP contribution in [0, 0.1) is 6.92 Å². The monoisotopic (exact) mass is 294 g/mol. The van der Waals surface area contributed by atoms with Gasteiger partial charge in [-0.1, -0.05) is 0 Å². The number of nitrogens with one attached hydrogen (secondary N) is 1. The molecule has 0 saturated carbocycles. The van der Waals surface area contributed by atoms with Gasteiger partial charge in [-0.15, -0.1) is 11.3 Å². The van der Waals surface area contributed by atoms with Crippen molar-refractivity contribution in [3.8, 4) is 0 Å². The van der Waals surface area contributed by atoms with Crippen molar-refractivity contribution in [2.45, 2.75) is 13.8 Å². The van der Waals surface area contributed by atoms with E-state index in [1.807, 2.05) is 6.92 Å². The van der Waals surface area contributed by atoms with E-state index in [-0.39, 0.29) is 23.2 Å². The first-order valence-electron chi connectivity index (χ1n) is 5.96. The van der Waals surface area contributed by atoms with E-state index in [2.05, 4.69) is 15.4 Å². The van der Waals surface area contributed by atoms with Crippen LogP contribution in [0.15, 0.2) is 11.4 Å². The van der Waals surface area contributed by atoms with Crippen LogP contribution in [0.4, 0.5) is 5.82 Å². The van der Waals surface area contributed by atoms with Crippen molar-refractivity contribution in [2.24, 2.45) is 7.05 Å². The van der Waals surface area contributed by atoms with Gasteiger partial charge in [0.25, 0.3) is 5.91 Å². The average molecular weight is 294 g/mol. The maximum atomic E-state index is 12.0. The summed E-state index contributed by atoms with van der Waals surface area (Å²) >= 11 is 1.08. The largest absolute Gasteiger partial charge is 0.461 e. The fourth-order valence-corrected chi connectivity index (χ4v) is 2.26. The molecule has 0 aliphatic heterocycles. The summed E-state index contributed by atoms with van der Waals surface area (Å²) < 4.78 is 6.39. The molecule has 106 valence electrons. The van der Waals surface area contributed by atoms with E-state index in [9.17, 15) is 9.59 Å². The summed E-state index contributed by atoms with van der Waals surface area (Å²) in [6, 6.07) is 1.75. The summed E-state index contributed by atoms with van der Waals surface area (Å²) in [4.78, 5) is 27.4. The number of anilines is 1. The van der Waals surface area contributed by atoms with E-state index in [4.69, 9.17) is 4.74 Å². The molecule has 0 radical (unpaired) electrons. The fourth-order valence-electron chi connectivity index (χ4n) is 1.57. The highest BCUT2D eigenvalue weighted by Gasteiger charge is 2.17. The molecule has 0 unspecified atom stereocenters. The molecule has 0 saturated heterocycles. The van der Waals surface area contributed by atoms with E-state index in [0.29, 0.717) is 5.82 Å². The number of rotatable bonds is 4. The molecule has 2 aromatic heterocycles. The maximum Gasteiger partial charge on any atom is 0.367 e. The molecule has 1 N–H and O–H groups in total. The molecular formula is C12H14N4O3S. The van der Waals surface area contributed by atoms with Crippen LogP contribution in [0.1, 0.15) is 32.9 Å². The number of aryl methyl sites for hydroxylation is 2. The van der Waals surface area contributed by atoms with Crippen LogP contribution in [0.3, 0.4) is 0 Å². The molecule has 2 heterocycles. The molecule has 0 aliphatic carbocycles. The number of amides is 1. The Morgan fingerprint density at radius 3 is 2.85 bits per heavy atom. The van der Waals surface area contributed by atoms with Gasteiger partial charge < -0.3 is 10.1 Å². The molecule has 7 nitrogen and oxygen atoms in total. The van der Waals surface area contributed by atoms with Crippen LogP contribution in [0.25, 0.3) is 0 Å². The summed E-state index contributed by atoms with van der Waals surface area (Å²) in [5.41, 5.74) is 0.977. The molecule has 1 amide bonds. The van der Waals surface area contributed by atoms with Crippen LogP contribution in [-0.2, 0) is 11.8 Å². The zero-order valence-electron chi connectivity index (χ0n) is 11.3. The number of aromatic nitrogens is 3. The van der Waals surface area contributed by atoms with Crippen LogP contribution < -0.4 is 5.32 Å². The van der Waals surface area contributed by atoms with Crippen molar-refractivity contribution in [2.75, 3.05) is 11.9 Å². The second-order valence-electron chi connectivity index (χ2n) is 4.01. The Hall–Kier alpha value is -2.22. The summed E-state index contributed by atoms with van der Waals surface area (Å²) in [6.45, 7) is 3.81. The average Bonchev–Trinajstić information content (AvgIpc) is 2.97. The lowest BCUT2D eigenvalue weighted by molar-refractivity contribution is 0.0526. The fraction of sp³-hybridized carbons (Fsp3) is 0.333. The molecule has 0 bridgehead atoms. The summed E-state index contributed by atoms with van der Waals surface area (Å²) in [5, 5.41) is 8.49. The maximum absolute atomic E-state index is 12.0. The highest BCUT2D eigenvalue weighted by molar-refractivity contribution is 7.11. The minimum atomic E-state index is -0.520. The van der Waals surface area contributed by atoms with Crippen LogP contribution in [0.2, 0.25) is 0 Å². The first-order valence-corrected chi connectivity index (χ1v) is 6.84. The quantitative estimate of drug-likeness (QED) is 0.866. The Morgan fingerprint density at radius 2 is 2.25 bits per heavy atom. The minimum Gasteiger partial charge on any atom is -0.461 e. The van der Waals surface area contributed by atoms with Gasteiger partial charge in [0.05, 0.1) is 12.3 Å². The molecule has 0 atom stereocenters. The number of nitrogens with zero attached hydrogens (tertiary/aromatic N) is 3. The van der Waals surface area contributed by atoms with Gasteiger partial charge in [-0.3, -0.25) is 9.48 Å². The second-order valence-corrected chi connectivity index (χ2v) is 4.87. The molecule has 2 rings (SSSR count). The SMILES string of the molecule is CCOC(=O)c1nc(C(=O)Nc2cc(C)nn2C)cs1. The lowest BCUT2D eigenvalue weighted by Gasteiger charge is -2.02. The topological polar surface area (TPSA) is 86.1 Å². The van der Waals surface area contributed by atoms with Crippen molar-refractivity contribution >= 4 is 29.0 Å². The number of hydrogen-bond donors (Lipinski definition) is 1. The Kier molecular flexibility index (Phi) is 4.14. The van der Waals surface area contributed by atoms with Crippen molar-refractivity contribution in [3.63, 3.8) is 0 Å². The molecule has 0 aliphatic rings. The number of ether oxygens (including phenoxy) is 1. The molecule has 20 heavy (non-hydrogen) atoms. The Labute approximate surface area is 119 Å². The Bertz CT molecular complexity index is 647. The van der Waals surface area contributed by atoms with E-state index in [1.165, 1.54) is 5.38 Å². The molecule has 0 fully saturated rings. The van der Waals surface area contributed by atoms with Gasteiger partial charge in [0, 0.05) is 18.5 Å². The minimum absolute atomic E-state index is 0.165. The third-order valence-corrected chi connectivity index (χ3v) is 3.25. The zero-order valence-corrected chi connectivity index (χ0v) is 12.2. The van der Waals surface area contributed by atoms with Crippen molar-refractivity contribution in [3.05, 3.63) is 27.8 Å². The first kappa shape index (κ1) is 14.2. The van der Waals surface area contributed by atoms with Gasteiger partial charge in [-0.05, 0) is 13.8 Å². The van der Waals surface area contributed by atoms with E-state index < -0.39 is 5.97 Å². The number of esters is 1. The summed E-state index contributed by atoms with van der Waals surface area (Å²) in [5.74, 6) is -0.342. The normalized spacial score (nSPS) is 10.3. The smallest absolute Gasteiger partial charge is 0.367 e. The van der Waals surface area contributed by atoms with Gasteiger partial charge in [0.2, 0.25) is 5.01 Å². The lowest BCUT2D eigenvalue weighted by atomic mass is 10.4. The van der Waals surface area contributed by atoms with E-state index in [1.54, 1.807) is 24.7 Å². The molecular weight excluding hydrogens is 280 g/mol. The molecule has 0 aromatic carbocycles. The standard InChI is InChI=1S/C12H14N4O3S/c1-4-19-12(18)11-13-8(6-20-11)10(17)14-9-5-7(2)15-16(9)3/h5-6H,4H2,1-3H3,(H,14,17). The van der Waals surface area contributed by atoms with E-state index >= 15 is 0 Å². The Balaban J connectivity index is 2.10. The highest BCUT2D eigenvalue weighted by Crippen LogP contribution is 2.14. The number of carbonyl (C=O) groups excluding carboxylic acids is 2. The van der Waals surface area contributed by atoms with Crippen LogP contribution in [0.5, 0.6) is 0 Å².